The molecule has 0 bridgehead atoms. The van der Waals surface area contributed by atoms with E-state index in [0.29, 0.717) is 5.75 Å². The maximum absolute atomic E-state index is 11.6. The fourth-order valence-electron chi connectivity index (χ4n) is 1.49. The molecule has 0 spiro atoms. The second kappa shape index (κ2) is 10.1. The van der Waals surface area contributed by atoms with Crippen LogP contribution >= 0.6 is 0 Å². The highest BCUT2D eigenvalue weighted by molar-refractivity contribution is 5.91. The molecule has 0 aliphatic carbocycles. The van der Waals surface area contributed by atoms with Gasteiger partial charge in [0.2, 0.25) is 0 Å². The molecule has 7 heteroatoms. The Balaban J connectivity index is 2.22. The quantitative estimate of drug-likeness (QED) is 0.330. The van der Waals surface area contributed by atoms with Crippen molar-refractivity contribution in [3.8, 4) is 5.75 Å². The van der Waals surface area contributed by atoms with Crippen LogP contribution in [-0.4, -0.2) is 42.8 Å². The number of carbonyl (C=O) groups excluding carboxylic acids is 3. The minimum absolute atomic E-state index is 0.0000228. The summed E-state index contributed by atoms with van der Waals surface area (Å²) >= 11 is 0. The summed E-state index contributed by atoms with van der Waals surface area (Å²) in [6, 6.07) is 8.38. The number of hydrogen-bond donors (Lipinski definition) is 1. The number of para-hydroxylation sites is 1. The molecule has 0 radical (unpaired) electrons. The third-order valence-electron chi connectivity index (χ3n) is 2.66. The van der Waals surface area contributed by atoms with Crippen LogP contribution in [0, 0.1) is 0 Å². The lowest BCUT2D eigenvalue weighted by Gasteiger charge is -2.10. The van der Waals surface area contributed by atoms with E-state index in [2.05, 4.69) is 4.74 Å². The van der Waals surface area contributed by atoms with E-state index in [1.54, 1.807) is 30.3 Å². The van der Waals surface area contributed by atoms with E-state index in [0.717, 1.165) is 12.2 Å². The van der Waals surface area contributed by atoms with Gasteiger partial charge in [0.15, 0.2) is 6.10 Å². The largest absolute Gasteiger partial charge is 0.466 e. The number of carbonyl (C=O) groups is 3. The normalized spacial score (nSPS) is 11.7. The first-order chi connectivity index (χ1) is 11.0. The molecule has 7 nitrogen and oxygen atoms in total. The van der Waals surface area contributed by atoms with Gasteiger partial charge in [0.25, 0.3) is 0 Å². The highest BCUT2D eigenvalue weighted by Crippen LogP contribution is 2.10. The molecule has 23 heavy (non-hydrogen) atoms. The van der Waals surface area contributed by atoms with Crippen LogP contribution in [0.15, 0.2) is 42.5 Å². The molecule has 0 saturated heterocycles. The summed E-state index contributed by atoms with van der Waals surface area (Å²) in [5.41, 5.74) is 0. The Bertz CT molecular complexity index is 551. The molecule has 0 fully saturated rings. The molecule has 1 rings (SSSR count). The fourth-order valence-corrected chi connectivity index (χ4v) is 1.49. The molecular weight excluding hydrogens is 304 g/mol. The summed E-state index contributed by atoms with van der Waals surface area (Å²) in [5, 5.41) is 9.66. The van der Waals surface area contributed by atoms with Gasteiger partial charge in [0.1, 0.15) is 5.75 Å². The summed E-state index contributed by atoms with van der Waals surface area (Å²) in [6.45, 7) is 0.0000228. The SMILES string of the molecule is COC(=O)/C=C\C(=O)OCCCC(O)C(=O)Oc1ccccc1. The average Bonchev–Trinajstić information content (AvgIpc) is 2.57. The lowest BCUT2D eigenvalue weighted by Crippen LogP contribution is -2.26. The predicted molar refractivity (Wildman–Crippen MR) is 79.4 cm³/mol. The number of rotatable bonds is 8. The number of benzene rings is 1. The van der Waals surface area contributed by atoms with Crippen molar-refractivity contribution in [3.63, 3.8) is 0 Å². The van der Waals surface area contributed by atoms with Gasteiger partial charge < -0.3 is 19.3 Å². The fraction of sp³-hybridized carbons (Fsp3) is 0.312. The zero-order valence-electron chi connectivity index (χ0n) is 12.6. The van der Waals surface area contributed by atoms with Crippen LogP contribution in [0.2, 0.25) is 0 Å². The standard InChI is InChI=1S/C16H18O7/c1-21-14(18)9-10-15(19)22-11-5-8-13(17)16(20)23-12-6-3-2-4-7-12/h2-4,6-7,9-10,13,17H,5,8,11H2,1H3/b10-9-. The number of esters is 3. The average molecular weight is 322 g/mol. The topological polar surface area (TPSA) is 99.1 Å². The third-order valence-corrected chi connectivity index (χ3v) is 2.66. The smallest absolute Gasteiger partial charge is 0.340 e. The van der Waals surface area contributed by atoms with Crippen molar-refractivity contribution in [2.24, 2.45) is 0 Å². The number of methoxy groups -OCH3 is 1. The molecule has 0 aromatic heterocycles. The molecule has 1 unspecified atom stereocenters. The molecule has 0 amide bonds. The highest BCUT2D eigenvalue weighted by Gasteiger charge is 2.17. The van der Waals surface area contributed by atoms with E-state index in [1.807, 2.05) is 0 Å². The van der Waals surface area contributed by atoms with Crippen molar-refractivity contribution < 1.29 is 33.7 Å². The first kappa shape index (κ1) is 18.4. The first-order valence-electron chi connectivity index (χ1n) is 6.90. The van der Waals surface area contributed by atoms with Crippen LogP contribution in [-0.2, 0) is 23.9 Å². The summed E-state index contributed by atoms with van der Waals surface area (Å²) in [6.07, 6.45) is 0.919. The lowest BCUT2D eigenvalue weighted by molar-refractivity contribution is -0.144. The Morgan fingerprint density at radius 2 is 1.78 bits per heavy atom. The Labute approximate surface area is 133 Å². The van der Waals surface area contributed by atoms with Gasteiger partial charge in [-0.1, -0.05) is 18.2 Å². The molecule has 124 valence electrons. The molecule has 1 aromatic carbocycles. The van der Waals surface area contributed by atoms with Gasteiger partial charge in [-0.05, 0) is 25.0 Å². The molecule has 0 saturated carbocycles. The zero-order chi connectivity index (χ0) is 17.1. The van der Waals surface area contributed by atoms with Crippen LogP contribution in [0.1, 0.15) is 12.8 Å². The summed E-state index contributed by atoms with van der Waals surface area (Å²) in [5.74, 6) is -1.80. The van der Waals surface area contributed by atoms with Crippen molar-refractivity contribution >= 4 is 17.9 Å². The molecule has 1 aromatic rings. The molecule has 0 heterocycles. The van der Waals surface area contributed by atoms with Crippen molar-refractivity contribution in [3.05, 3.63) is 42.5 Å². The van der Waals surface area contributed by atoms with Crippen molar-refractivity contribution in [2.45, 2.75) is 18.9 Å². The molecule has 0 aliphatic heterocycles. The van der Waals surface area contributed by atoms with E-state index >= 15 is 0 Å². The molecular formula is C16H18O7. The van der Waals surface area contributed by atoms with E-state index < -0.39 is 24.0 Å². The van der Waals surface area contributed by atoms with Crippen LogP contribution in [0.3, 0.4) is 0 Å². The summed E-state index contributed by atoms with van der Waals surface area (Å²) in [4.78, 5) is 33.6. The van der Waals surface area contributed by atoms with Crippen molar-refractivity contribution in [1.82, 2.24) is 0 Å². The van der Waals surface area contributed by atoms with Crippen molar-refractivity contribution in [1.29, 1.82) is 0 Å². The predicted octanol–water partition coefficient (Wildman–Crippen LogP) is 1.01. The Morgan fingerprint density at radius 1 is 1.13 bits per heavy atom. The van der Waals surface area contributed by atoms with Gasteiger partial charge in [-0.15, -0.1) is 0 Å². The second-order valence-corrected chi connectivity index (χ2v) is 4.42. The first-order valence-corrected chi connectivity index (χ1v) is 6.90. The van der Waals surface area contributed by atoms with E-state index in [1.165, 1.54) is 7.11 Å². The molecule has 1 N–H and O–H groups in total. The number of ether oxygens (including phenoxy) is 3. The number of aliphatic hydroxyl groups is 1. The second-order valence-electron chi connectivity index (χ2n) is 4.42. The minimum Gasteiger partial charge on any atom is -0.466 e. The Hall–Kier alpha value is -2.67. The number of hydrogen-bond acceptors (Lipinski definition) is 7. The van der Waals surface area contributed by atoms with Crippen molar-refractivity contribution in [2.75, 3.05) is 13.7 Å². The van der Waals surface area contributed by atoms with Gasteiger partial charge in [0.05, 0.1) is 13.7 Å². The van der Waals surface area contributed by atoms with Gasteiger partial charge in [0, 0.05) is 12.2 Å². The van der Waals surface area contributed by atoms with Gasteiger partial charge >= 0.3 is 17.9 Å². The highest BCUT2D eigenvalue weighted by atomic mass is 16.6. The maximum atomic E-state index is 11.6. The van der Waals surface area contributed by atoms with E-state index in [-0.39, 0.29) is 19.4 Å². The van der Waals surface area contributed by atoms with E-state index in [9.17, 15) is 19.5 Å². The molecule has 0 aliphatic rings. The maximum Gasteiger partial charge on any atom is 0.340 e. The zero-order valence-corrected chi connectivity index (χ0v) is 12.6. The number of aliphatic hydroxyl groups excluding tert-OH is 1. The van der Waals surface area contributed by atoms with Crippen LogP contribution in [0.4, 0.5) is 0 Å². The van der Waals surface area contributed by atoms with Gasteiger partial charge in [-0.25, -0.2) is 14.4 Å². The Kier molecular flexibility index (Phi) is 8.09. The molecule has 1 atom stereocenters. The van der Waals surface area contributed by atoms with E-state index in [4.69, 9.17) is 9.47 Å². The summed E-state index contributed by atoms with van der Waals surface area (Å²) in [7, 11) is 1.19. The summed E-state index contributed by atoms with van der Waals surface area (Å²) < 4.78 is 14.1. The monoisotopic (exact) mass is 322 g/mol. The lowest BCUT2D eigenvalue weighted by atomic mass is 10.2. The third kappa shape index (κ3) is 7.77. The van der Waals surface area contributed by atoms with Gasteiger partial charge in [-0.2, -0.15) is 0 Å². The van der Waals surface area contributed by atoms with Gasteiger partial charge in [-0.3, -0.25) is 0 Å². The Morgan fingerprint density at radius 3 is 2.43 bits per heavy atom. The van der Waals surface area contributed by atoms with Crippen LogP contribution < -0.4 is 4.74 Å². The van der Waals surface area contributed by atoms with Crippen LogP contribution in [0.25, 0.3) is 0 Å². The van der Waals surface area contributed by atoms with Crippen LogP contribution in [0.5, 0.6) is 5.75 Å². The minimum atomic E-state index is -1.31.